The van der Waals surface area contributed by atoms with E-state index in [1.165, 1.54) is 7.11 Å². The number of benzene rings is 1. The molecule has 0 spiro atoms. The predicted molar refractivity (Wildman–Crippen MR) is 81.2 cm³/mol. The number of urea groups is 1. The number of carbonyl (C=O) groups excluding carboxylic acids is 2. The fraction of sp³-hybridized carbons (Fsp3) is 0.500. The summed E-state index contributed by atoms with van der Waals surface area (Å²) in [5.41, 5.74) is 0.898. The number of anilines is 1. The minimum atomic E-state index is -0.236. The lowest BCUT2D eigenvalue weighted by molar-refractivity contribution is -0.146. The summed E-state index contributed by atoms with van der Waals surface area (Å²) in [6.45, 7) is 3.76. The van der Waals surface area contributed by atoms with Crippen molar-refractivity contribution in [3.8, 4) is 0 Å². The highest BCUT2D eigenvalue weighted by Crippen LogP contribution is 2.21. The van der Waals surface area contributed by atoms with Crippen LogP contribution in [-0.2, 0) is 9.53 Å². The van der Waals surface area contributed by atoms with Gasteiger partial charge in [0.15, 0.2) is 0 Å². The number of ether oxygens (including phenoxy) is 1. The Labute approximate surface area is 125 Å². The van der Waals surface area contributed by atoms with Crippen LogP contribution in [0.25, 0.3) is 0 Å². The number of hydrogen-bond donors (Lipinski definition) is 0. The van der Waals surface area contributed by atoms with E-state index in [-0.39, 0.29) is 17.9 Å². The van der Waals surface area contributed by atoms with Crippen molar-refractivity contribution in [3.05, 3.63) is 30.3 Å². The maximum atomic E-state index is 12.5. The van der Waals surface area contributed by atoms with Crippen LogP contribution >= 0.6 is 0 Å². The Kier molecular flexibility index (Phi) is 5.20. The molecule has 0 bridgehead atoms. The lowest BCUT2D eigenvalue weighted by atomic mass is 10.0. The Morgan fingerprint density at radius 1 is 1.29 bits per heavy atom. The molecule has 5 heteroatoms. The third-order valence-corrected chi connectivity index (χ3v) is 3.78. The summed E-state index contributed by atoms with van der Waals surface area (Å²) < 4.78 is 4.83. The number of methoxy groups -OCH3 is 1. The van der Waals surface area contributed by atoms with Crippen LogP contribution in [0.5, 0.6) is 0 Å². The van der Waals surface area contributed by atoms with Crippen LogP contribution in [0.2, 0.25) is 0 Å². The van der Waals surface area contributed by atoms with Gasteiger partial charge in [-0.3, -0.25) is 9.69 Å². The summed E-state index contributed by atoms with van der Waals surface area (Å²) in [7, 11) is 1.40. The summed E-state index contributed by atoms with van der Waals surface area (Å²) in [5.74, 6) is -0.470. The van der Waals surface area contributed by atoms with Crippen LogP contribution in [0.3, 0.4) is 0 Å². The van der Waals surface area contributed by atoms with Crippen LogP contribution in [0, 0.1) is 5.92 Å². The number of esters is 1. The average Bonchev–Trinajstić information content (AvgIpc) is 2.88. The number of hydrogen-bond acceptors (Lipinski definition) is 3. The van der Waals surface area contributed by atoms with Crippen molar-refractivity contribution >= 4 is 17.7 Å². The van der Waals surface area contributed by atoms with E-state index >= 15 is 0 Å². The van der Waals surface area contributed by atoms with Gasteiger partial charge in [0.1, 0.15) is 0 Å². The van der Waals surface area contributed by atoms with Gasteiger partial charge in [0.2, 0.25) is 0 Å². The third kappa shape index (κ3) is 3.54. The van der Waals surface area contributed by atoms with Crippen molar-refractivity contribution in [1.82, 2.24) is 4.90 Å². The Morgan fingerprint density at radius 2 is 2.00 bits per heavy atom. The van der Waals surface area contributed by atoms with Crippen molar-refractivity contribution in [3.63, 3.8) is 0 Å². The monoisotopic (exact) mass is 290 g/mol. The summed E-state index contributed by atoms with van der Waals surface area (Å²) in [5, 5.41) is 0. The summed E-state index contributed by atoms with van der Waals surface area (Å²) in [6, 6.07) is 9.57. The molecule has 1 aromatic carbocycles. The van der Waals surface area contributed by atoms with E-state index in [1.54, 1.807) is 9.80 Å². The molecule has 1 fully saturated rings. The predicted octanol–water partition coefficient (Wildman–Crippen LogP) is 2.52. The standard InChI is InChI=1S/C16H22N2O3/c1-3-7-13(15(19)21-2)12-17-10-11-18(16(17)20)14-8-5-4-6-9-14/h4-6,8-9,13H,3,7,10-12H2,1-2H3. The van der Waals surface area contributed by atoms with Gasteiger partial charge in [-0.1, -0.05) is 31.5 Å². The first kappa shape index (κ1) is 15.4. The molecule has 0 aliphatic carbocycles. The number of rotatable bonds is 6. The molecule has 1 heterocycles. The van der Waals surface area contributed by atoms with Crippen molar-refractivity contribution in [1.29, 1.82) is 0 Å². The number of carbonyl (C=O) groups is 2. The smallest absolute Gasteiger partial charge is 0.324 e. The SMILES string of the molecule is CCCC(CN1CCN(c2ccccc2)C1=O)C(=O)OC. The zero-order chi connectivity index (χ0) is 15.2. The van der Waals surface area contributed by atoms with Gasteiger partial charge in [-0.2, -0.15) is 0 Å². The highest BCUT2D eigenvalue weighted by molar-refractivity contribution is 5.94. The van der Waals surface area contributed by atoms with E-state index in [0.29, 0.717) is 19.6 Å². The molecule has 0 N–H and O–H groups in total. The van der Waals surface area contributed by atoms with Gasteiger partial charge in [0.25, 0.3) is 0 Å². The Balaban J connectivity index is 2.02. The van der Waals surface area contributed by atoms with E-state index in [9.17, 15) is 9.59 Å². The molecule has 2 rings (SSSR count). The molecule has 1 aromatic rings. The second-order valence-electron chi connectivity index (χ2n) is 5.22. The van der Waals surface area contributed by atoms with Crippen molar-refractivity contribution in [2.24, 2.45) is 5.92 Å². The van der Waals surface area contributed by atoms with Crippen molar-refractivity contribution in [2.75, 3.05) is 31.6 Å². The molecule has 21 heavy (non-hydrogen) atoms. The molecule has 5 nitrogen and oxygen atoms in total. The lowest BCUT2D eigenvalue weighted by Crippen LogP contribution is -2.37. The molecule has 2 amide bonds. The van der Waals surface area contributed by atoms with Crippen LogP contribution < -0.4 is 4.90 Å². The zero-order valence-corrected chi connectivity index (χ0v) is 12.6. The highest BCUT2D eigenvalue weighted by Gasteiger charge is 2.32. The minimum absolute atomic E-state index is 0.0359. The van der Waals surface area contributed by atoms with Crippen LogP contribution in [0.4, 0.5) is 10.5 Å². The molecule has 0 aromatic heterocycles. The van der Waals surface area contributed by atoms with Gasteiger partial charge in [-0.25, -0.2) is 4.79 Å². The first-order valence-electron chi connectivity index (χ1n) is 7.36. The molecular weight excluding hydrogens is 268 g/mol. The fourth-order valence-corrected chi connectivity index (χ4v) is 2.66. The Morgan fingerprint density at radius 3 is 2.62 bits per heavy atom. The van der Waals surface area contributed by atoms with Crippen LogP contribution in [-0.4, -0.2) is 43.6 Å². The second kappa shape index (κ2) is 7.11. The fourth-order valence-electron chi connectivity index (χ4n) is 2.66. The van der Waals surface area contributed by atoms with Gasteiger partial charge in [-0.05, 0) is 18.6 Å². The molecule has 114 valence electrons. The van der Waals surface area contributed by atoms with Crippen molar-refractivity contribution in [2.45, 2.75) is 19.8 Å². The van der Waals surface area contributed by atoms with Gasteiger partial charge < -0.3 is 9.64 Å². The Hall–Kier alpha value is -2.04. The molecule has 1 aliphatic rings. The van der Waals surface area contributed by atoms with E-state index < -0.39 is 0 Å². The summed E-state index contributed by atoms with van der Waals surface area (Å²) in [4.78, 5) is 27.7. The maximum Gasteiger partial charge on any atom is 0.324 e. The third-order valence-electron chi connectivity index (χ3n) is 3.78. The van der Waals surface area contributed by atoms with Crippen LogP contribution in [0.1, 0.15) is 19.8 Å². The molecule has 1 atom stereocenters. The zero-order valence-electron chi connectivity index (χ0n) is 12.6. The molecule has 0 saturated carbocycles. The minimum Gasteiger partial charge on any atom is -0.469 e. The van der Waals surface area contributed by atoms with Crippen LogP contribution in [0.15, 0.2) is 30.3 Å². The van der Waals surface area contributed by atoms with E-state index in [4.69, 9.17) is 4.74 Å². The number of nitrogens with zero attached hydrogens (tertiary/aromatic N) is 2. The summed E-state index contributed by atoms with van der Waals surface area (Å²) >= 11 is 0. The Bertz CT molecular complexity index is 490. The van der Waals surface area contributed by atoms with E-state index in [1.807, 2.05) is 37.3 Å². The van der Waals surface area contributed by atoms with Gasteiger partial charge >= 0.3 is 12.0 Å². The summed E-state index contributed by atoms with van der Waals surface area (Å²) in [6.07, 6.45) is 1.63. The van der Waals surface area contributed by atoms with E-state index in [2.05, 4.69) is 0 Å². The average molecular weight is 290 g/mol. The lowest BCUT2D eigenvalue weighted by Gasteiger charge is -2.22. The topological polar surface area (TPSA) is 49.9 Å². The van der Waals surface area contributed by atoms with Gasteiger partial charge in [0, 0.05) is 25.3 Å². The first-order chi connectivity index (χ1) is 10.2. The largest absolute Gasteiger partial charge is 0.469 e. The van der Waals surface area contributed by atoms with E-state index in [0.717, 1.165) is 18.5 Å². The highest BCUT2D eigenvalue weighted by atomic mass is 16.5. The molecular formula is C16H22N2O3. The molecule has 1 aliphatic heterocycles. The maximum absolute atomic E-state index is 12.5. The number of para-hydroxylation sites is 1. The number of amides is 2. The quantitative estimate of drug-likeness (QED) is 0.756. The normalized spacial score (nSPS) is 16.2. The molecule has 1 saturated heterocycles. The second-order valence-corrected chi connectivity index (χ2v) is 5.22. The molecule has 0 radical (unpaired) electrons. The molecule has 1 unspecified atom stereocenters. The first-order valence-corrected chi connectivity index (χ1v) is 7.36. The van der Waals surface area contributed by atoms with Crippen molar-refractivity contribution < 1.29 is 14.3 Å². The van der Waals surface area contributed by atoms with Gasteiger partial charge in [0.05, 0.1) is 13.0 Å². The van der Waals surface area contributed by atoms with Gasteiger partial charge in [-0.15, -0.1) is 0 Å².